The Morgan fingerprint density at radius 2 is 0.868 bits per heavy atom. The van der Waals surface area contributed by atoms with E-state index >= 15 is 0 Å². The molecule has 0 bridgehead atoms. The van der Waals surface area contributed by atoms with Crippen molar-refractivity contribution < 1.29 is 9.90 Å². The molecule has 1 atom stereocenters. The van der Waals surface area contributed by atoms with Gasteiger partial charge < -0.3 is 5.11 Å². The molecule has 0 saturated carbocycles. The van der Waals surface area contributed by atoms with E-state index in [9.17, 15) is 9.90 Å². The maximum absolute atomic E-state index is 14.1. The SMILES string of the molecule is CC(C)(C)c1cc2c(C(C)(C)C)cc3c(C(C)(C)C)cc4c(C(C)(C)C)cc5c6c4c3c2c-6c1C(=O)C5O. The molecule has 6 rings (SSSR count). The summed E-state index contributed by atoms with van der Waals surface area (Å²) in [5.41, 5.74) is 8.07. The number of aliphatic hydroxyl groups is 1. The lowest BCUT2D eigenvalue weighted by Crippen LogP contribution is -2.26. The van der Waals surface area contributed by atoms with Crippen molar-refractivity contribution in [3.63, 3.8) is 0 Å². The van der Waals surface area contributed by atoms with Crippen molar-refractivity contribution in [2.24, 2.45) is 0 Å². The second-order valence-corrected chi connectivity index (χ2v) is 15.9. The van der Waals surface area contributed by atoms with Gasteiger partial charge in [0, 0.05) is 11.1 Å². The smallest absolute Gasteiger partial charge is 0.196 e. The summed E-state index contributed by atoms with van der Waals surface area (Å²) >= 11 is 0. The van der Waals surface area contributed by atoms with E-state index in [1.165, 1.54) is 49.0 Å². The molecule has 2 heteroatoms. The minimum Gasteiger partial charge on any atom is -0.380 e. The van der Waals surface area contributed by atoms with Crippen LogP contribution < -0.4 is 0 Å². The van der Waals surface area contributed by atoms with Gasteiger partial charge in [0.15, 0.2) is 5.78 Å². The maximum atomic E-state index is 14.1. The highest BCUT2D eigenvalue weighted by atomic mass is 16.3. The molecule has 1 unspecified atom stereocenters. The average Bonchev–Trinajstić information content (AvgIpc) is 3.11. The summed E-state index contributed by atoms with van der Waals surface area (Å²) in [4.78, 5) is 14.1. The standard InChI is InChI=1S/C36H42O2/c1-33(2,3)21-14-18-23(35(7,8)9)16-20-28-26(18)25-17(21)13-22(34(4,5)6)19-15-24(36(10,11)12)29(30(28)27(19)25)32(38)31(20)37/h13-16,31,37H,1-12H3. The topological polar surface area (TPSA) is 37.3 Å². The first-order valence-electron chi connectivity index (χ1n) is 14.1. The van der Waals surface area contributed by atoms with Crippen molar-refractivity contribution >= 4 is 38.1 Å². The first-order chi connectivity index (χ1) is 17.2. The van der Waals surface area contributed by atoms with Gasteiger partial charge in [0.2, 0.25) is 0 Å². The monoisotopic (exact) mass is 506 g/mol. The molecule has 198 valence electrons. The molecule has 2 nitrogen and oxygen atoms in total. The maximum Gasteiger partial charge on any atom is 0.196 e. The minimum absolute atomic E-state index is 0.0581. The molecular weight excluding hydrogens is 464 g/mol. The molecule has 0 radical (unpaired) electrons. The van der Waals surface area contributed by atoms with Crippen LogP contribution in [0.3, 0.4) is 0 Å². The Hall–Kier alpha value is -2.71. The molecule has 0 aromatic heterocycles. The number of carbonyl (C=O) groups is 1. The number of benzene rings is 4. The number of aliphatic hydroxyl groups excluding tert-OH is 1. The third kappa shape index (κ3) is 3.13. The predicted octanol–water partition coefficient (Wildman–Crippen LogP) is 9.55. The summed E-state index contributed by atoms with van der Waals surface area (Å²) in [6.07, 6.45) is -1.14. The van der Waals surface area contributed by atoms with Gasteiger partial charge in [-0.15, -0.1) is 0 Å². The summed E-state index contributed by atoms with van der Waals surface area (Å²) in [7, 11) is 0. The second-order valence-electron chi connectivity index (χ2n) is 15.9. The largest absolute Gasteiger partial charge is 0.380 e. The molecule has 0 heterocycles. The molecule has 4 aromatic carbocycles. The average molecular weight is 507 g/mol. The third-order valence-electron chi connectivity index (χ3n) is 8.92. The highest BCUT2D eigenvalue weighted by molar-refractivity contribution is 6.38. The molecular formula is C36H42O2. The van der Waals surface area contributed by atoms with Crippen LogP contribution in [-0.2, 0) is 21.7 Å². The van der Waals surface area contributed by atoms with Crippen LogP contribution >= 0.6 is 0 Å². The quantitative estimate of drug-likeness (QED) is 0.212. The van der Waals surface area contributed by atoms with Gasteiger partial charge in [-0.1, -0.05) is 89.2 Å². The zero-order chi connectivity index (χ0) is 28.1. The van der Waals surface area contributed by atoms with Gasteiger partial charge in [-0.05, 0) is 106 Å². The van der Waals surface area contributed by atoms with E-state index in [1.54, 1.807) is 0 Å². The number of hydrogen-bond donors (Lipinski definition) is 1. The molecule has 0 amide bonds. The van der Waals surface area contributed by atoms with Gasteiger partial charge in [0.1, 0.15) is 6.10 Å². The highest BCUT2D eigenvalue weighted by Gasteiger charge is 2.43. The van der Waals surface area contributed by atoms with E-state index in [2.05, 4.69) is 107 Å². The van der Waals surface area contributed by atoms with Gasteiger partial charge in [-0.2, -0.15) is 0 Å². The Bertz CT molecular complexity index is 1750. The Morgan fingerprint density at radius 3 is 1.32 bits per heavy atom. The van der Waals surface area contributed by atoms with E-state index in [1.807, 2.05) is 0 Å². The lowest BCUT2D eigenvalue weighted by molar-refractivity contribution is 0.0742. The zero-order valence-electron chi connectivity index (χ0n) is 25.2. The summed E-state index contributed by atoms with van der Waals surface area (Å²) in [6, 6.07) is 9.31. The summed E-state index contributed by atoms with van der Waals surface area (Å²) < 4.78 is 0. The van der Waals surface area contributed by atoms with Crippen LogP contribution in [0.2, 0.25) is 0 Å². The van der Waals surface area contributed by atoms with Gasteiger partial charge >= 0.3 is 0 Å². The fourth-order valence-electron chi connectivity index (χ4n) is 7.13. The second kappa shape index (κ2) is 7.07. The zero-order valence-corrected chi connectivity index (χ0v) is 25.2. The summed E-state index contributed by atoms with van der Waals surface area (Å²) in [5, 5.41) is 19.1. The van der Waals surface area contributed by atoms with E-state index in [-0.39, 0.29) is 27.4 Å². The molecule has 2 aliphatic carbocycles. The number of hydrogen-bond acceptors (Lipinski definition) is 2. The molecule has 0 spiro atoms. The van der Waals surface area contributed by atoms with Crippen LogP contribution in [0.5, 0.6) is 0 Å². The molecule has 1 N–H and O–H groups in total. The fraction of sp³-hybridized carbons (Fsp3) is 0.472. The van der Waals surface area contributed by atoms with Crippen LogP contribution in [0.25, 0.3) is 43.4 Å². The molecule has 2 aliphatic rings. The van der Waals surface area contributed by atoms with Crippen molar-refractivity contribution in [3.8, 4) is 11.1 Å². The van der Waals surface area contributed by atoms with Crippen molar-refractivity contribution in [2.75, 3.05) is 0 Å². The highest BCUT2D eigenvalue weighted by Crippen LogP contribution is 2.59. The van der Waals surface area contributed by atoms with E-state index in [0.717, 1.165) is 27.8 Å². The van der Waals surface area contributed by atoms with E-state index in [0.29, 0.717) is 0 Å². The molecule has 38 heavy (non-hydrogen) atoms. The van der Waals surface area contributed by atoms with Crippen LogP contribution in [0.15, 0.2) is 24.3 Å². The van der Waals surface area contributed by atoms with Gasteiger partial charge in [-0.3, -0.25) is 4.79 Å². The van der Waals surface area contributed by atoms with E-state index in [4.69, 9.17) is 0 Å². The number of ketones is 1. The van der Waals surface area contributed by atoms with Crippen LogP contribution in [-0.4, -0.2) is 10.9 Å². The molecule has 4 aromatic rings. The summed E-state index contributed by atoms with van der Waals surface area (Å²) in [5.74, 6) is -0.156. The predicted molar refractivity (Wildman–Crippen MR) is 162 cm³/mol. The van der Waals surface area contributed by atoms with Crippen LogP contribution in [0.1, 0.15) is 127 Å². The normalized spacial score (nSPS) is 17.4. The Kier molecular flexibility index (Phi) is 4.76. The number of rotatable bonds is 0. The third-order valence-corrected chi connectivity index (χ3v) is 8.92. The van der Waals surface area contributed by atoms with Crippen molar-refractivity contribution in [2.45, 2.75) is 111 Å². The van der Waals surface area contributed by atoms with Crippen molar-refractivity contribution in [1.29, 1.82) is 0 Å². The lowest BCUT2D eigenvalue weighted by Gasteiger charge is -2.32. The lowest BCUT2D eigenvalue weighted by atomic mass is 9.71. The Morgan fingerprint density at radius 1 is 0.500 bits per heavy atom. The minimum atomic E-state index is -1.14. The van der Waals surface area contributed by atoms with Crippen molar-refractivity contribution in [1.82, 2.24) is 0 Å². The van der Waals surface area contributed by atoms with Gasteiger partial charge in [-0.25, -0.2) is 0 Å². The summed E-state index contributed by atoms with van der Waals surface area (Å²) in [6.45, 7) is 27.0. The number of carbonyl (C=O) groups excluding carboxylic acids is 1. The first kappa shape index (κ1) is 25.6. The first-order valence-corrected chi connectivity index (χ1v) is 14.1. The molecule has 0 saturated heterocycles. The van der Waals surface area contributed by atoms with Crippen molar-refractivity contribution in [3.05, 3.63) is 57.6 Å². The van der Waals surface area contributed by atoms with Crippen LogP contribution in [0, 0.1) is 0 Å². The van der Waals surface area contributed by atoms with Gasteiger partial charge in [0.25, 0.3) is 0 Å². The van der Waals surface area contributed by atoms with Crippen LogP contribution in [0.4, 0.5) is 0 Å². The molecule has 0 fully saturated rings. The Labute approximate surface area is 227 Å². The Balaban J connectivity index is 2.04. The number of Topliss-reactive ketones (excluding diaryl/α,β-unsaturated/α-hetero) is 1. The fourth-order valence-corrected chi connectivity index (χ4v) is 7.13. The van der Waals surface area contributed by atoms with Gasteiger partial charge in [0.05, 0.1) is 0 Å². The molecule has 0 aliphatic heterocycles. The van der Waals surface area contributed by atoms with E-state index < -0.39 is 6.10 Å².